The summed E-state index contributed by atoms with van der Waals surface area (Å²) in [5, 5.41) is 12.5. The average molecular weight is 493 g/mol. The third-order valence-electron chi connectivity index (χ3n) is 5.37. The molecule has 2 atom stereocenters. The Bertz CT molecular complexity index is 770. The van der Waals surface area contributed by atoms with E-state index in [1.807, 2.05) is 44.2 Å². The molecule has 9 heteroatoms. The van der Waals surface area contributed by atoms with Gasteiger partial charge in [0.15, 0.2) is 0 Å². The molecule has 0 bridgehead atoms. The Hall–Kier alpha value is -2.75. The zero-order chi connectivity index (χ0) is 26.1. The van der Waals surface area contributed by atoms with Crippen LogP contribution in [0.4, 0.5) is 4.79 Å². The minimum atomic E-state index is -1.07. The molecule has 0 saturated carbocycles. The maximum Gasteiger partial charge on any atom is 0.324 e. The number of imide groups is 1. The van der Waals surface area contributed by atoms with Gasteiger partial charge in [-0.15, -0.1) is 6.58 Å². The molecule has 2 N–H and O–H groups in total. The molecule has 0 aliphatic heterocycles. The summed E-state index contributed by atoms with van der Waals surface area (Å²) in [6.07, 6.45) is 2.45. The van der Waals surface area contributed by atoms with Crippen LogP contribution in [0, 0.1) is 17.8 Å². The molecule has 0 aromatic heterocycles. The van der Waals surface area contributed by atoms with Crippen molar-refractivity contribution in [3.05, 3.63) is 48.6 Å². The number of hydrogen-bond donors (Lipinski definition) is 2. The second-order valence-corrected chi connectivity index (χ2v) is 8.59. The van der Waals surface area contributed by atoms with Gasteiger partial charge in [-0.25, -0.2) is 4.79 Å². The first-order valence-corrected chi connectivity index (χ1v) is 11.9. The predicted molar refractivity (Wildman–Crippen MR) is 133 cm³/mol. The lowest BCUT2D eigenvalue weighted by Gasteiger charge is -2.30. The molecule has 1 rings (SSSR count). The highest BCUT2D eigenvalue weighted by Crippen LogP contribution is 2.27. The molecular formula is C26H40N2O7. The third-order valence-corrected chi connectivity index (χ3v) is 5.37. The van der Waals surface area contributed by atoms with Gasteiger partial charge in [0.05, 0.1) is 31.7 Å². The number of methoxy groups -OCH3 is 1. The van der Waals surface area contributed by atoms with Gasteiger partial charge >= 0.3 is 12.0 Å². The fraction of sp³-hybridized carbons (Fsp3) is 0.577. The molecule has 196 valence electrons. The summed E-state index contributed by atoms with van der Waals surface area (Å²) < 4.78 is 15.4. The SMILES string of the molecule is C=CC[C@H](C(=O)O)C(CC(C)C)C(=O)N(CCc1ccccc1)C(=O)NCCOCOCCOC. The number of ether oxygens (including phenoxy) is 3. The molecule has 0 aliphatic rings. The number of carboxylic acid groups (broad SMARTS) is 1. The van der Waals surface area contributed by atoms with Crippen LogP contribution in [0.2, 0.25) is 0 Å². The van der Waals surface area contributed by atoms with E-state index < -0.39 is 29.7 Å². The van der Waals surface area contributed by atoms with Crippen LogP contribution >= 0.6 is 0 Å². The highest BCUT2D eigenvalue weighted by molar-refractivity contribution is 5.97. The summed E-state index contributed by atoms with van der Waals surface area (Å²) in [5.41, 5.74) is 0.968. The lowest BCUT2D eigenvalue weighted by molar-refractivity contribution is -0.149. The topological polar surface area (TPSA) is 114 Å². The van der Waals surface area contributed by atoms with Crippen molar-refractivity contribution in [1.82, 2.24) is 10.2 Å². The Morgan fingerprint density at radius 2 is 1.77 bits per heavy atom. The molecule has 0 heterocycles. The largest absolute Gasteiger partial charge is 0.481 e. The lowest BCUT2D eigenvalue weighted by atomic mass is 9.82. The van der Waals surface area contributed by atoms with Gasteiger partial charge < -0.3 is 24.6 Å². The number of nitrogens with one attached hydrogen (secondary N) is 1. The molecule has 0 aliphatic carbocycles. The number of carbonyl (C=O) groups is 3. The summed E-state index contributed by atoms with van der Waals surface area (Å²) >= 11 is 0. The Kier molecular flexibility index (Phi) is 15.3. The van der Waals surface area contributed by atoms with Crippen molar-refractivity contribution in [2.75, 3.05) is 46.8 Å². The van der Waals surface area contributed by atoms with Crippen LogP contribution in [0.15, 0.2) is 43.0 Å². The Morgan fingerprint density at radius 3 is 2.37 bits per heavy atom. The van der Waals surface area contributed by atoms with Gasteiger partial charge in [0, 0.05) is 20.2 Å². The minimum Gasteiger partial charge on any atom is -0.481 e. The molecule has 9 nitrogen and oxygen atoms in total. The lowest BCUT2D eigenvalue weighted by Crippen LogP contribution is -2.50. The van der Waals surface area contributed by atoms with Crippen molar-refractivity contribution in [2.24, 2.45) is 17.8 Å². The fourth-order valence-corrected chi connectivity index (χ4v) is 3.60. The zero-order valence-corrected chi connectivity index (χ0v) is 21.1. The van der Waals surface area contributed by atoms with Crippen LogP contribution < -0.4 is 5.32 Å². The Balaban J connectivity index is 2.92. The molecule has 1 aromatic rings. The fourth-order valence-electron chi connectivity index (χ4n) is 3.60. The van der Waals surface area contributed by atoms with E-state index in [2.05, 4.69) is 11.9 Å². The van der Waals surface area contributed by atoms with E-state index >= 15 is 0 Å². The van der Waals surface area contributed by atoms with Crippen molar-refractivity contribution in [1.29, 1.82) is 0 Å². The summed E-state index contributed by atoms with van der Waals surface area (Å²) in [6, 6.07) is 8.93. The van der Waals surface area contributed by atoms with E-state index in [9.17, 15) is 19.5 Å². The first kappa shape index (κ1) is 30.3. The predicted octanol–water partition coefficient (Wildman–Crippen LogP) is 3.34. The van der Waals surface area contributed by atoms with Crippen LogP contribution in [0.3, 0.4) is 0 Å². The number of rotatable bonds is 18. The van der Waals surface area contributed by atoms with Crippen molar-refractivity contribution in [2.45, 2.75) is 33.1 Å². The Morgan fingerprint density at radius 1 is 1.09 bits per heavy atom. The van der Waals surface area contributed by atoms with Crippen LogP contribution in [0.25, 0.3) is 0 Å². The number of carbonyl (C=O) groups excluding carboxylic acids is 2. The number of carboxylic acids is 1. The molecule has 0 fully saturated rings. The first-order valence-electron chi connectivity index (χ1n) is 11.9. The highest BCUT2D eigenvalue weighted by atomic mass is 16.7. The van der Waals surface area contributed by atoms with E-state index in [0.717, 1.165) is 10.5 Å². The van der Waals surface area contributed by atoms with Crippen LogP contribution in [0.5, 0.6) is 0 Å². The Labute approximate surface area is 208 Å². The summed E-state index contributed by atoms with van der Waals surface area (Å²) in [6.45, 7) is 8.91. The molecule has 1 aromatic carbocycles. The second-order valence-electron chi connectivity index (χ2n) is 8.59. The molecule has 0 radical (unpaired) electrons. The maximum absolute atomic E-state index is 13.6. The molecule has 35 heavy (non-hydrogen) atoms. The van der Waals surface area contributed by atoms with Gasteiger partial charge in [-0.3, -0.25) is 14.5 Å². The third kappa shape index (κ3) is 12.0. The second kappa shape index (κ2) is 17.7. The quantitative estimate of drug-likeness (QED) is 0.183. The van der Waals surface area contributed by atoms with Crippen LogP contribution in [-0.4, -0.2) is 74.7 Å². The number of amides is 3. The van der Waals surface area contributed by atoms with Crippen LogP contribution in [0.1, 0.15) is 32.3 Å². The van der Waals surface area contributed by atoms with E-state index in [0.29, 0.717) is 26.1 Å². The molecule has 0 saturated heterocycles. The van der Waals surface area contributed by atoms with E-state index in [1.165, 1.54) is 6.08 Å². The first-order chi connectivity index (χ1) is 16.8. The highest BCUT2D eigenvalue weighted by Gasteiger charge is 2.37. The number of allylic oxidation sites excluding steroid dienone is 1. The molecule has 1 unspecified atom stereocenters. The van der Waals surface area contributed by atoms with Gasteiger partial charge in [-0.2, -0.15) is 0 Å². The van der Waals surface area contributed by atoms with Gasteiger partial charge in [0.1, 0.15) is 6.79 Å². The normalized spacial score (nSPS) is 12.7. The van der Waals surface area contributed by atoms with E-state index in [-0.39, 0.29) is 38.8 Å². The smallest absolute Gasteiger partial charge is 0.324 e. The van der Waals surface area contributed by atoms with Gasteiger partial charge in [0.2, 0.25) is 5.91 Å². The van der Waals surface area contributed by atoms with Crippen LogP contribution in [-0.2, 0) is 30.2 Å². The summed E-state index contributed by atoms with van der Waals surface area (Å²) in [5.74, 6) is -3.31. The van der Waals surface area contributed by atoms with Crippen molar-refractivity contribution < 1.29 is 33.7 Å². The molecule has 0 spiro atoms. The minimum absolute atomic E-state index is 0.0637. The average Bonchev–Trinajstić information content (AvgIpc) is 2.83. The number of aliphatic carboxylic acids is 1. The monoisotopic (exact) mass is 492 g/mol. The number of hydrogen-bond acceptors (Lipinski definition) is 6. The van der Waals surface area contributed by atoms with Gasteiger partial charge in [-0.1, -0.05) is 50.3 Å². The summed E-state index contributed by atoms with van der Waals surface area (Å²) in [7, 11) is 1.58. The van der Waals surface area contributed by atoms with E-state index in [1.54, 1.807) is 7.11 Å². The zero-order valence-electron chi connectivity index (χ0n) is 21.1. The molecule has 3 amide bonds. The van der Waals surface area contributed by atoms with Gasteiger partial charge in [-0.05, 0) is 30.7 Å². The number of urea groups is 1. The standard InChI is InChI=1S/C26H40N2O7/c1-5-9-22(25(30)31)23(18-20(2)3)24(29)28(14-12-21-10-7-6-8-11-21)26(32)27-13-15-34-19-35-17-16-33-4/h5-8,10-11,20,22-23H,1,9,12-19H2,2-4H3,(H,27,32)(H,30,31)/t22-,23?/m0/s1. The van der Waals surface area contributed by atoms with E-state index in [4.69, 9.17) is 14.2 Å². The van der Waals surface area contributed by atoms with Crippen molar-refractivity contribution in [3.8, 4) is 0 Å². The maximum atomic E-state index is 13.6. The van der Waals surface area contributed by atoms with Gasteiger partial charge in [0.25, 0.3) is 0 Å². The van der Waals surface area contributed by atoms with Crippen molar-refractivity contribution >= 4 is 17.9 Å². The van der Waals surface area contributed by atoms with Crippen molar-refractivity contribution in [3.63, 3.8) is 0 Å². The molecular weight excluding hydrogens is 452 g/mol. The number of nitrogens with zero attached hydrogens (tertiary/aromatic N) is 1. The summed E-state index contributed by atoms with van der Waals surface area (Å²) in [4.78, 5) is 39.8. The number of benzene rings is 1.